The van der Waals surface area contributed by atoms with Crippen LogP contribution >= 0.6 is 0 Å². The van der Waals surface area contributed by atoms with Crippen LogP contribution in [0, 0.1) is 0 Å². The molecule has 0 aliphatic rings. The quantitative estimate of drug-likeness (QED) is 0.670. The van der Waals surface area contributed by atoms with E-state index in [4.69, 9.17) is 5.11 Å². The lowest BCUT2D eigenvalue weighted by Gasteiger charge is -2.34. The van der Waals surface area contributed by atoms with Crippen LogP contribution in [-0.4, -0.2) is 47.6 Å². The van der Waals surface area contributed by atoms with Gasteiger partial charge in [0.2, 0.25) is 5.91 Å². The van der Waals surface area contributed by atoms with Crippen LogP contribution in [-0.2, 0) is 9.59 Å². The molecule has 0 atom stereocenters. The first-order valence-electron chi connectivity index (χ1n) is 5.06. The number of carbonyl (C=O) groups is 2. The van der Waals surface area contributed by atoms with Gasteiger partial charge in [-0.25, -0.2) is 4.79 Å². The molecular weight excluding hydrogens is 196 g/mol. The minimum Gasteiger partial charge on any atom is -0.480 e. The van der Waals surface area contributed by atoms with Crippen molar-refractivity contribution in [2.24, 2.45) is 0 Å². The highest BCUT2D eigenvalue weighted by atomic mass is 16.4. The van der Waals surface area contributed by atoms with Crippen LogP contribution in [0.2, 0.25) is 0 Å². The fourth-order valence-electron chi connectivity index (χ4n) is 1.37. The Morgan fingerprint density at radius 1 is 1.40 bits per heavy atom. The second kappa shape index (κ2) is 5.70. The normalized spacial score (nSPS) is 11.2. The highest BCUT2D eigenvalue weighted by Gasteiger charge is 2.36. The summed E-state index contributed by atoms with van der Waals surface area (Å²) >= 11 is 0. The summed E-state index contributed by atoms with van der Waals surface area (Å²) < 4.78 is 0. The average molecular weight is 216 g/mol. The molecule has 0 aliphatic heterocycles. The van der Waals surface area contributed by atoms with Gasteiger partial charge in [-0.05, 0) is 27.8 Å². The van der Waals surface area contributed by atoms with E-state index in [1.165, 1.54) is 18.7 Å². The zero-order valence-corrected chi connectivity index (χ0v) is 9.83. The fraction of sp³-hybridized carbons (Fsp3) is 0.800. The van der Waals surface area contributed by atoms with Crippen molar-refractivity contribution in [3.8, 4) is 0 Å². The second-order valence-electron chi connectivity index (χ2n) is 3.86. The lowest BCUT2D eigenvalue weighted by molar-refractivity contribution is -0.156. The van der Waals surface area contributed by atoms with E-state index in [0.717, 1.165) is 0 Å². The third-order valence-corrected chi connectivity index (χ3v) is 2.40. The molecule has 0 aromatic carbocycles. The summed E-state index contributed by atoms with van der Waals surface area (Å²) in [4.78, 5) is 24.1. The lowest BCUT2D eigenvalue weighted by atomic mass is 10.0. The molecule has 0 bridgehead atoms. The Morgan fingerprint density at radius 3 is 2.27 bits per heavy atom. The number of nitrogens with one attached hydrogen (secondary N) is 1. The molecule has 0 rings (SSSR count). The molecule has 0 spiro atoms. The molecule has 0 aromatic heterocycles. The summed E-state index contributed by atoms with van der Waals surface area (Å²) in [5.41, 5.74) is -1.14. The maximum atomic E-state index is 11.7. The predicted octanol–water partition coefficient (Wildman–Crippen LogP) is 0.308. The van der Waals surface area contributed by atoms with E-state index < -0.39 is 11.5 Å². The molecule has 1 amide bonds. The van der Waals surface area contributed by atoms with E-state index in [-0.39, 0.29) is 5.91 Å². The first kappa shape index (κ1) is 13.9. The van der Waals surface area contributed by atoms with E-state index in [2.05, 4.69) is 5.32 Å². The van der Waals surface area contributed by atoms with Gasteiger partial charge in [-0.2, -0.15) is 0 Å². The number of rotatable bonds is 6. The fourth-order valence-corrected chi connectivity index (χ4v) is 1.37. The highest BCUT2D eigenvalue weighted by molar-refractivity contribution is 5.86. The number of amides is 1. The smallest absolute Gasteiger partial charge is 0.329 e. The zero-order chi connectivity index (χ0) is 12.1. The van der Waals surface area contributed by atoms with Gasteiger partial charge in [0, 0.05) is 19.5 Å². The largest absolute Gasteiger partial charge is 0.480 e. The zero-order valence-electron chi connectivity index (χ0n) is 9.83. The first-order chi connectivity index (χ1) is 6.87. The molecule has 88 valence electrons. The van der Waals surface area contributed by atoms with Crippen LogP contribution in [0.5, 0.6) is 0 Å². The van der Waals surface area contributed by atoms with Gasteiger partial charge < -0.3 is 15.3 Å². The number of likely N-dealkylation sites (N-methyl/N-ethyl adjacent to an activating group) is 1. The lowest BCUT2D eigenvalue weighted by Crippen LogP contribution is -2.53. The van der Waals surface area contributed by atoms with Gasteiger partial charge in [-0.1, -0.05) is 0 Å². The Labute approximate surface area is 90.5 Å². The monoisotopic (exact) mass is 216 g/mol. The molecular formula is C10H20N2O3. The summed E-state index contributed by atoms with van der Waals surface area (Å²) in [6.07, 6.45) is 0.320. The van der Waals surface area contributed by atoms with Gasteiger partial charge in [0.15, 0.2) is 0 Å². The second-order valence-corrected chi connectivity index (χ2v) is 3.86. The predicted molar refractivity (Wildman–Crippen MR) is 57.6 cm³/mol. The maximum Gasteiger partial charge on any atom is 0.329 e. The Bertz CT molecular complexity index is 239. The molecule has 0 fully saturated rings. The summed E-state index contributed by atoms with van der Waals surface area (Å²) in [5.74, 6) is -1.12. The van der Waals surface area contributed by atoms with Crippen molar-refractivity contribution in [1.29, 1.82) is 0 Å². The van der Waals surface area contributed by atoms with Gasteiger partial charge in [0.25, 0.3) is 0 Å². The van der Waals surface area contributed by atoms with Gasteiger partial charge in [0.05, 0.1) is 0 Å². The van der Waals surface area contributed by atoms with E-state index in [9.17, 15) is 9.59 Å². The average Bonchev–Trinajstić information content (AvgIpc) is 2.15. The Hall–Kier alpha value is -1.10. The molecule has 0 saturated carbocycles. The van der Waals surface area contributed by atoms with E-state index >= 15 is 0 Å². The minimum atomic E-state index is -1.14. The van der Waals surface area contributed by atoms with Gasteiger partial charge >= 0.3 is 5.97 Å². The van der Waals surface area contributed by atoms with Crippen molar-refractivity contribution in [2.75, 3.05) is 20.1 Å². The van der Waals surface area contributed by atoms with E-state index in [1.54, 1.807) is 14.0 Å². The molecule has 0 radical (unpaired) electrons. The molecule has 2 N–H and O–H groups in total. The number of aliphatic carboxylic acids is 1. The van der Waals surface area contributed by atoms with Crippen molar-refractivity contribution < 1.29 is 14.7 Å². The molecule has 0 aliphatic carbocycles. The number of hydrogen-bond acceptors (Lipinski definition) is 3. The third-order valence-electron chi connectivity index (χ3n) is 2.40. The van der Waals surface area contributed by atoms with E-state index in [1.807, 2.05) is 0 Å². The van der Waals surface area contributed by atoms with Gasteiger partial charge in [-0.15, -0.1) is 0 Å². The van der Waals surface area contributed by atoms with Crippen molar-refractivity contribution >= 4 is 11.9 Å². The molecule has 0 aromatic rings. The van der Waals surface area contributed by atoms with E-state index in [0.29, 0.717) is 19.5 Å². The first-order valence-corrected chi connectivity index (χ1v) is 5.06. The number of carboxylic acids is 1. The van der Waals surface area contributed by atoms with Crippen LogP contribution in [0.1, 0.15) is 27.2 Å². The number of carbonyl (C=O) groups excluding carboxylic acids is 1. The highest BCUT2D eigenvalue weighted by Crippen LogP contribution is 2.15. The minimum absolute atomic E-state index is 0.140. The van der Waals surface area contributed by atoms with Crippen molar-refractivity contribution in [3.63, 3.8) is 0 Å². The SMILES string of the molecule is CCN(C(=O)CCNC)C(C)(C)C(=O)O. The van der Waals surface area contributed by atoms with Crippen LogP contribution in [0.15, 0.2) is 0 Å². The van der Waals surface area contributed by atoms with Gasteiger partial charge in [0.1, 0.15) is 5.54 Å². The van der Waals surface area contributed by atoms with Crippen LogP contribution in [0.4, 0.5) is 0 Å². The third kappa shape index (κ3) is 3.51. The molecule has 0 unspecified atom stereocenters. The van der Waals surface area contributed by atoms with Crippen LogP contribution < -0.4 is 5.32 Å². The number of nitrogens with zero attached hydrogens (tertiary/aromatic N) is 1. The van der Waals surface area contributed by atoms with Crippen LogP contribution in [0.25, 0.3) is 0 Å². The summed E-state index contributed by atoms with van der Waals surface area (Å²) in [6.45, 7) is 5.82. The summed E-state index contributed by atoms with van der Waals surface area (Å²) in [7, 11) is 1.76. The summed E-state index contributed by atoms with van der Waals surface area (Å²) in [6, 6.07) is 0. The van der Waals surface area contributed by atoms with Crippen molar-refractivity contribution in [2.45, 2.75) is 32.7 Å². The molecule has 5 heteroatoms. The molecule has 0 heterocycles. The van der Waals surface area contributed by atoms with Crippen molar-refractivity contribution in [3.05, 3.63) is 0 Å². The van der Waals surface area contributed by atoms with Gasteiger partial charge in [-0.3, -0.25) is 4.79 Å². The molecule has 15 heavy (non-hydrogen) atoms. The Kier molecular flexibility index (Phi) is 5.28. The topological polar surface area (TPSA) is 69.6 Å². The molecule has 0 saturated heterocycles. The Balaban J connectivity index is 4.61. The maximum absolute atomic E-state index is 11.7. The van der Waals surface area contributed by atoms with Crippen molar-refractivity contribution in [1.82, 2.24) is 10.2 Å². The number of hydrogen-bond donors (Lipinski definition) is 2. The summed E-state index contributed by atoms with van der Waals surface area (Å²) in [5, 5.41) is 11.9. The Morgan fingerprint density at radius 2 is 1.93 bits per heavy atom. The number of carboxylic acid groups (broad SMARTS) is 1. The molecule has 5 nitrogen and oxygen atoms in total. The standard InChI is InChI=1S/C10H20N2O3/c1-5-12(8(13)6-7-11-4)10(2,3)9(14)15/h11H,5-7H2,1-4H3,(H,14,15). The van der Waals surface area contributed by atoms with Crippen LogP contribution in [0.3, 0.4) is 0 Å².